The summed E-state index contributed by atoms with van der Waals surface area (Å²) in [5.74, 6) is 0.131. The van der Waals surface area contributed by atoms with Crippen LogP contribution < -0.4 is 0 Å². The molecule has 2 unspecified atom stereocenters. The van der Waals surface area contributed by atoms with Gasteiger partial charge >= 0.3 is 0 Å². The van der Waals surface area contributed by atoms with Gasteiger partial charge in [-0.1, -0.05) is 0 Å². The molecule has 2 atom stereocenters. The van der Waals surface area contributed by atoms with E-state index in [1.165, 1.54) is 4.57 Å². The zero-order valence-electron chi connectivity index (χ0n) is 13.9. The molecule has 0 saturated carbocycles. The van der Waals surface area contributed by atoms with E-state index in [0.29, 0.717) is 0 Å². The lowest BCUT2D eigenvalue weighted by Crippen LogP contribution is -2.17. The highest BCUT2D eigenvalue weighted by molar-refractivity contribution is 5.62. The van der Waals surface area contributed by atoms with Crippen molar-refractivity contribution in [1.29, 1.82) is 0 Å². The van der Waals surface area contributed by atoms with Gasteiger partial charge in [-0.05, 0) is 45.7 Å². The highest BCUT2D eigenvalue weighted by Gasteiger charge is 2.59. The van der Waals surface area contributed by atoms with E-state index < -0.39 is 11.2 Å². The first-order valence-electron chi connectivity index (χ1n) is 8.16. The number of fused-ring (bicyclic) bond motifs is 6. The van der Waals surface area contributed by atoms with E-state index in [9.17, 15) is 10.2 Å². The van der Waals surface area contributed by atoms with E-state index in [0.717, 1.165) is 41.0 Å². The van der Waals surface area contributed by atoms with E-state index in [1.54, 1.807) is 6.20 Å². The molecule has 6 nitrogen and oxygen atoms in total. The first kappa shape index (κ1) is 13.9. The van der Waals surface area contributed by atoms with Crippen molar-refractivity contribution >= 4 is 5.65 Å². The first-order chi connectivity index (χ1) is 11.4. The van der Waals surface area contributed by atoms with Crippen molar-refractivity contribution < 1.29 is 14.9 Å². The Morgan fingerprint density at radius 3 is 2.33 bits per heavy atom. The number of aryl methyl sites for hydroxylation is 1. The summed E-state index contributed by atoms with van der Waals surface area (Å²) in [6, 6.07) is 3.75. The molecule has 0 aromatic carbocycles. The summed E-state index contributed by atoms with van der Waals surface area (Å²) in [4.78, 5) is 4.27. The first-order valence-corrected chi connectivity index (χ1v) is 8.16. The zero-order valence-corrected chi connectivity index (χ0v) is 13.9. The number of hydrogen-bond acceptors (Lipinski definition) is 4. The maximum Gasteiger partial charge on any atom is 0.205 e. The molecule has 1 fully saturated rings. The van der Waals surface area contributed by atoms with E-state index in [-0.39, 0.29) is 11.8 Å². The average Bonchev–Trinajstić information content (AvgIpc) is 3.22. The molecule has 5 heterocycles. The fraction of sp³-hybridized carbons (Fsp3) is 0.389. The van der Waals surface area contributed by atoms with E-state index >= 15 is 0 Å². The van der Waals surface area contributed by atoms with Crippen LogP contribution in [-0.2, 0) is 15.9 Å². The Bertz CT molecular complexity index is 979. The fourth-order valence-electron chi connectivity index (χ4n) is 4.56. The molecule has 0 radical (unpaired) electrons. The topological polar surface area (TPSA) is 71.9 Å². The number of rotatable bonds is 1. The third-order valence-corrected chi connectivity index (χ3v) is 5.74. The molecule has 0 aliphatic carbocycles. The summed E-state index contributed by atoms with van der Waals surface area (Å²) in [6.07, 6.45) is 5.28. The van der Waals surface area contributed by atoms with Crippen LogP contribution in [0.25, 0.3) is 11.3 Å². The van der Waals surface area contributed by atoms with Crippen LogP contribution in [0, 0.1) is 6.92 Å². The van der Waals surface area contributed by atoms with Gasteiger partial charge in [-0.15, -0.1) is 0 Å². The van der Waals surface area contributed by atoms with Crippen molar-refractivity contribution in [3.8, 4) is 17.4 Å². The number of ether oxygens (including phenoxy) is 1. The zero-order chi connectivity index (χ0) is 16.9. The minimum absolute atomic E-state index is 0.0657. The summed E-state index contributed by atoms with van der Waals surface area (Å²) in [5, 5.41) is 21.9. The summed E-state index contributed by atoms with van der Waals surface area (Å²) in [5.41, 5.74) is 2.83. The Kier molecular flexibility index (Phi) is 2.29. The van der Waals surface area contributed by atoms with Crippen molar-refractivity contribution in [1.82, 2.24) is 14.0 Å². The molecule has 6 heteroatoms. The highest BCUT2D eigenvalue weighted by atomic mass is 16.5. The van der Waals surface area contributed by atoms with Gasteiger partial charge in [-0.3, -0.25) is 0 Å². The Morgan fingerprint density at radius 2 is 1.71 bits per heavy atom. The quantitative estimate of drug-likeness (QED) is 0.721. The lowest BCUT2D eigenvalue weighted by molar-refractivity contribution is -0.0683. The van der Waals surface area contributed by atoms with Crippen molar-refractivity contribution in [2.45, 2.75) is 44.8 Å². The fourth-order valence-corrected chi connectivity index (χ4v) is 4.56. The van der Waals surface area contributed by atoms with Crippen LogP contribution in [-0.4, -0.2) is 24.2 Å². The minimum Gasteiger partial charge on any atom is -0.494 e. The van der Waals surface area contributed by atoms with Gasteiger partial charge in [0.25, 0.3) is 0 Å². The number of aromatic hydroxyl groups is 2. The molecule has 2 bridgehead atoms. The highest BCUT2D eigenvalue weighted by Crippen LogP contribution is 2.64. The number of hydrogen-bond donors (Lipinski definition) is 2. The van der Waals surface area contributed by atoms with Crippen LogP contribution >= 0.6 is 0 Å². The number of aromatic nitrogens is 3. The maximum atomic E-state index is 10.9. The molecule has 2 aliphatic rings. The average molecular weight is 325 g/mol. The molecule has 5 rings (SSSR count). The number of nitrogens with zero attached hydrogens (tertiary/aromatic N) is 3. The molecule has 2 aliphatic heterocycles. The molecule has 24 heavy (non-hydrogen) atoms. The summed E-state index contributed by atoms with van der Waals surface area (Å²) >= 11 is 0. The van der Waals surface area contributed by atoms with Gasteiger partial charge in [-0.25, -0.2) is 9.55 Å². The van der Waals surface area contributed by atoms with E-state index in [4.69, 9.17) is 4.74 Å². The van der Waals surface area contributed by atoms with E-state index in [2.05, 4.69) is 4.98 Å². The van der Waals surface area contributed by atoms with Crippen molar-refractivity contribution in [2.24, 2.45) is 0 Å². The predicted octanol–water partition coefficient (Wildman–Crippen LogP) is 3.10. The lowest BCUT2D eigenvalue weighted by Gasteiger charge is -2.21. The van der Waals surface area contributed by atoms with Crippen molar-refractivity contribution in [2.75, 3.05) is 0 Å². The van der Waals surface area contributed by atoms with Crippen molar-refractivity contribution in [3.05, 3.63) is 41.3 Å². The molecule has 124 valence electrons. The number of imidazole rings is 1. The van der Waals surface area contributed by atoms with Gasteiger partial charge in [0, 0.05) is 18.1 Å². The standard InChI is InChI=1S/C18H19N3O3/c1-10-11(4-5-12-19-8-9-20(10)12)21-15(22)13-14(16(21)23)18(3)7-6-17(13,2)24-18/h4-5,8-9,22-23H,6-7H2,1-3H3. The van der Waals surface area contributed by atoms with Crippen molar-refractivity contribution in [3.63, 3.8) is 0 Å². The van der Waals surface area contributed by atoms with Gasteiger partial charge < -0.3 is 19.4 Å². The molecule has 2 N–H and O–H groups in total. The SMILES string of the molecule is Cc1c(-n2c(O)c3c(c2O)C2(C)CCC3(C)O2)ccc2nccn12. The Labute approximate surface area is 138 Å². The molecule has 1 saturated heterocycles. The summed E-state index contributed by atoms with van der Waals surface area (Å²) in [7, 11) is 0. The second-order valence-electron chi connectivity index (χ2n) is 7.26. The Hall–Kier alpha value is -2.47. The van der Waals surface area contributed by atoms with Crippen LogP contribution in [0.2, 0.25) is 0 Å². The third-order valence-electron chi connectivity index (χ3n) is 5.74. The second-order valence-corrected chi connectivity index (χ2v) is 7.26. The predicted molar refractivity (Wildman–Crippen MR) is 87.6 cm³/mol. The van der Waals surface area contributed by atoms with Gasteiger partial charge in [0.15, 0.2) is 0 Å². The lowest BCUT2D eigenvalue weighted by atomic mass is 9.80. The molecular weight excluding hydrogens is 306 g/mol. The Morgan fingerprint density at radius 1 is 1.08 bits per heavy atom. The van der Waals surface area contributed by atoms with Crippen LogP contribution in [0.1, 0.15) is 43.5 Å². The largest absolute Gasteiger partial charge is 0.494 e. The summed E-state index contributed by atoms with van der Waals surface area (Å²) in [6.45, 7) is 5.92. The Balaban J connectivity index is 1.84. The summed E-state index contributed by atoms with van der Waals surface area (Å²) < 4.78 is 9.62. The van der Waals surface area contributed by atoms with Crippen LogP contribution in [0.4, 0.5) is 0 Å². The smallest absolute Gasteiger partial charge is 0.205 e. The van der Waals surface area contributed by atoms with Crippen LogP contribution in [0.5, 0.6) is 11.8 Å². The van der Waals surface area contributed by atoms with Gasteiger partial charge in [0.2, 0.25) is 11.8 Å². The van der Waals surface area contributed by atoms with Gasteiger partial charge in [0.05, 0.1) is 28.0 Å². The van der Waals surface area contributed by atoms with Gasteiger partial charge in [-0.2, -0.15) is 0 Å². The molecule has 3 aromatic rings. The molecule has 0 spiro atoms. The minimum atomic E-state index is -0.538. The van der Waals surface area contributed by atoms with Crippen LogP contribution in [0.3, 0.4) is 0 Å². The van der Waals surface area contributed by atoms with Crippen LogP contribution in [0.15, 0.2) is 24.5 Å². The molecular formula is C18H19N3O3. The third kappa shape index (κ3) is 1.39. The second kappa shape index (κ2) is 3.95. The maximum absolute atomic E-state index is 10.9. The van der Waals surface area contributed by atoms with Gasteiger partial charge in [0.1, 0.15) is 5.65 Å². The number of pyridine rings is 1. The molecule has 0 amide bonds. The normalized spacial score (nSPS) is 28.0. The molecule has 3 aromatic heterocycles. The monoisotopic (exact) mass is 325 g/mol. The van der Waals surface area contributed by atoms with E-state index in [1.807, 2.05) is 43.5 Å².